The third-order valence-electron chi connectivity index (χ3n) is 4.13. The Kier molecular flexibility index (Phi) is 4.55. The molecule has 1 fully saturated rings. The predicted octanol–water partition coefficient (Wildman–Crippen LogP) is 1.20. The van der Waals surface area contributed by atoms with Crippen LogP contribution in [0.25, 0.3) is 0 Å². The lowest BCUT2D eigenvalue weighted by molar-refractivity contribution is -0.125. The van der Waals surface area contributed by atoms with E-state index in [1.54, 1.807) is 13.1 Å². The smallest absolute Gasteiger partial charge is 0.228 e. The highest BCUT2D eigenvalue weighted by Gasteiger charge is 2.35. The van der Waals surface area contributed by atoms with Crippen molar-refractivity contribution in [3.05, 3.63) is 36.1 Å². The summed E-state index contributed by atoms with van der Waals surface area (Å²) in [5.41, 5.74) is 0. The average Bonchev–Trinajstić information content (AvgIpc) is 3.14. The molecule has 0 bridgehead atoms. The maximum atomic E-state index is 12.4. The number of carbonyl (C=O) groups is 1. The monoisotopic (exact) mass is 315 g/mol. The molecule has 1 amide bonds. The van der Waals surface area contributed by atoms with Crippen LogP contribution in [0.1, 0.15) is 18.6 Å². The number of carbonyl (C=O) groups excluding carboxylic acids is 1. The highest BCUT2D eigenvalue weighted by Crippen LogP contribution is 2.26. The van der Waals surface area contributed by atoms with Crippen molar-refractivity contribution >= 4 is 11.7 Å². The molecule has 1 aliphatic heterocycles. The second-order valence-corrected chi connectivity index (χ2v) is 5.95. The third-order valence-corrected chi connectivity index (χ3v) is 4.13. The van der Waals surface area contributed by atoms with Crippen LogP contribution in [0.3, 0.4) is 0 Å². The zero-order valence-corrected chi connectivity index (χ0v) is 13.4. The Balaban J connectivity index is 1.51. The second kappa shape index (κ2) is 6.76. The molecule has 0 spiro atoms. The fraction of sp³-hybridized carbons (Fsp3) is 0.500. The van der Waals surface area contributed by atoms with Gasteiger partial charge in [0.05, 0.1) is 5.92 Å². The minimum absolute atomic E-state index is 0.0265. The molecule has 1 N–H and O–H groups in total. The van der Waals surface area contributed by atoms with E-state index in [2.05, 4.69) is 32.3 Å². The van der Waals surface area contributed by atoms with Crippen LogP contribution in [0, 0.1) is 18.8 Å². The number of amides is 1. The van der Waals surface area contributed by atoms with E-state index in [0.29, 0.717) is 37.1 Å². The zero-order chi connectivity index (χ0) is 16.2. The van der Waals surface area contributed by atoms with Gasteiger partial charge in [0.1, 0.15) is 5.82 Å². The fourth-order valence-electron chi connectivity index (χ4n) is 2.90. The van der Waals surface area contributed by atoms with Crippen molar-refractivity contribution in [3.63, 3.8) is 0 Å². The van der Waals surface area contributed by atoms with Gasteiger partial charge in [-0.15, -0.1) is 0 Å². The van der Waals surface area contributed by atoms with Crippen molar-refractivity contribution in [1.29, 1.82) is 0 Å². The molecular formula is C16H21N5O2. The largest absolute Gasteiger partial charge is 0.356 e. The molecule has 3 rings (SSSR count). The highest BCUT2D eigenvalue weighted by atomic mass is 16.5. The van der Waals surface area contributed by atoms with Gasteiger partial charge < -0.3 is 14.7 Å². The summed E-state index contributed by atoms with van der Waals surface area (Å²) in [5, 5.41) is 6.71. The van der Waals surface area contributed by atoms with Gasteiger partial charge in [-0.05, 0) is 25.0 Å². The molecule has 0 saturated carbocycles. The minimum Gasteiger partial charge on any atom is -0.356 e. The maximum absolute atomic E-state index is 12.4. The number of rotatable bonds is 5. The SMILES string of the molecule is Cc1noc(CCNC(=O)[C@@H]2CN(c3ccccn3)C[C@H]2C)n1. The second-order valence-electron chi connectivity index (χ2n) is 5.95. The number of nitrogens with zero attached hydrogens (tertiary/aromatic N) is 4. The number of aryl methyl sites for hydroxylation is 1. The van der Waals surface area contributed by atoms with Crippen LogP contribution in [0.5, 0.6) is 0 Å². The van der Waals surface area contributed by atoms with Gasteiger partial charge in [-0.2, -0.15) is 4.98 Å². The lowest BCUT2D eigenvalue weighted by Crippen LogP contribution is -2.35. The Morgan fingerprint density at radius 3 is 3.00 bits per heavy atom. The van der Waals surface area contributed by atoms with Gasteiger partial charge in [0.25, 0.3) is 0 Å². The molecule has 0 aliphatic carbocycles. The van der Waals surface area contributed by atoms with E-state index in [4.69, 9.17) is 4.52 Å². The van der Waals surface area contributed by atoms with Crippen molar-refractivity contribution < 1.29 is 9.32 Å². The van der Waals surface area contributed by atoms with Crippen molar-refractivity contribution in [2.45, 2.75) is 20.3 Å². The lowest BCUT2D eigenvalue weighted by Gasteiger charge is -2.16. The van der Waals surface area contributed by atoms with Gasteiger partial charge in [0.2, 0.25) is 11.8 Å². The summed E-state index contributed by atoms with van der Waals surface area (Å²) in [4.78, 5) is 23.1. The first-order valence-electron chi connectivity index (χ1n) is 7.86. The summed E-state index contributed by atoms with van der Waals surface area (Å²) >= 11 is 0. The van der Waals surface area contributed by atoms with Crippen LogP contribution in [0.15, 0.2) is 28.9 Å². The van der Waals surface area contributed by atoms with E-state index in [0.717, 1.165) is 12.4 Å². The topological polar surface area (TPSA) is 84.2 Å². The first-order chi connectivity index (χ1) is 11.1. The van der Waals surface area contributed by atoms with Crippen LogP contribution >= 0.6 is 0 Å². The molecular weight excluding hydrogens is 294 g/mol. The van der Waals surface area contributed by atoms with Gasteiger partial charge in [0, 0.05) is 32.3 Å². The summed E-state index contributed by atoms with van der Waals surface area (Å²) in [6, 6.07) is 5.84. The Bertz CT molecular complexity index is 658. The molecule has 3 heterocycles. The van der Waals surface area contributed by atoms with Gasteiger partial charge in [-0.3, -0.25) is 4.79 Å². The quantitative estimate of drug-likeness (QED) is 0.892. The Labute approximate surface area is 135 Å². The Morgan fingerprint density at radius 1 is 1.43 bits per heavy atom. The van der Waals surface area contributed by atoms with E-state index in [-0.39, 0.29) is 11.8 Å². The average molecular weight is 315 g/mol. The Hall–Kier alpha value is -2.44. The van der Waals surface area contributed by atoms with E-state index in [1.807, 2.05) is 18.2 Å². The maximum Gasteiger partial charge on any atom is 0.228 e. The summed E-state index contributed by atoms with van der Waals surface area (Å²) in [6.45, 7) is 5.93. The van der Waals surface area contributed by atoms with Crippen LogP contribution in [0.4, 0.5) is 5.82 Å². The molecule has 122 valence electrons. The molecule has 0 unspecified atom stereocenters. The van der Waals surface area contributed by atoms with E-state index < -0.39 is 0 Å². The molecule has 1 aliphatic rings. The molecule has 1 saturated heterocycles. The number of anilines is 1. The van der Waals surface area contributed by atoms with Gasteiger partial charge in [0.15, 0.2) is 5.82 Å². The molecule has 7 nitrogen and oxygen atoms in total. The first kappa shape index (κ1) is 15.5. The number of pyridine rings is 1. The lowest BCUT2D eigenvalue weighted by atomic mass is 9.97. The molecule has 2 aromatic rings. The molecule has 2 atom stereocenters. The van der Waals surface area contributed by atoms with Crippen LogP contribution in [-0.2, 0) is 11.2 Å². The van der Waals surface area contributed by atoms with Crippen LogP contribution < -0.4 is 10.2 Å². The molecule has 7 heteroatoms. The standard InChI is InChI=1S/C16H21N5O2/c1-11-9-21(14-5-3-4-7-17-14)10-13(11)16(22)18-8-6-15-19-12(2)20-23-15/h3-5,7,11,13H,6,8-10H2,1-2H3,(H,18,22)/t11-,13-/m1/s1. The van der Waals surface area contributed by atoms with Gasteiger partial charge >= 0.3 is 0 Å². The van der Waals surface area contributed by atoms with Crippen molar-refractivity contribution in [3.8, 4) is 0 Å². The highest BCUT2D eigenvalue weighted by molar-refractivity contribution is 5.80. The van der Waals surface area contributed by atoms with E-state index >= 15 is 0 Å². The minimum atomic E-state index is -0.0265. The third kappa shape index (κ3) is 3.67. The Morgan fingerprint density at radius 2 is 2.30 bits per heavy atom. The summed E-state index contributed by atoms with van der Waals surface area (Å²) in [7, 11) is 0. The van der Waals surface area contributed by atoms with Crippen molar-refractivity contribution in [2.24, 2.45) is 11.8 Å². The fourth-order valence-corrected chi connectivity index (χ4v) is 2.90. The summed E-state index contributed by atoms with van der Waals surface area (Å²) in [6.07, 6.45) is 2.33. The van der Waals surface area contributed by atoms with Gasteiger partial charge in [-0.25, -0.2) is 4.98 Å². The summed E-state index contributed by atoms with van der Waals surface area (Å²) in [5.74, 6) is 2.44. The number of hydrogen-bond donors (Lipinski definition) is 1. The normalized spacial score (nSPS) is 20.7. The number of nitrogens with one attached hydrogen (secondary N) is 1. The van der Waals surface area contributed by atoms with E-state index in [1.165, 1.54) is 0 Å². The first-order valence-corrected chi connectivity index (χ1v) is 7.86. The van der Waals surface area contributed by atoms with Crippen molar-refractivity contribution in [1.82, 2.24) is 20.4 Å². The zero-order valence-electron chi connectivity index (χ0n) is 13.4. The van der Waals surface area contributed by atoms with E-state index in [9.17, 15) is 4.79 Å². The summed E-state index contributed by atoms with van der Waals surface area (Å²) < 4.78 is 5.04. The van der Waals surface area contributed by atoms with Crippen molar-refractivity contribution in [2.75, 3.05) is 24.5 Å². The molecule has 23 heavy (non-hydrogen) atoms. The molecule has 0 aromatic carbocycles. The van der Waals surface area contributed by atoms with Gasteiger partial charge in [-0.1, -0.05) is 18.1 Å². The predicted molar refractivity (Wildman–Crippen MR) is 84.9 cm³/mol. The number of aromatic nitrogens is 3. The van der Waals surface area contributed by atoms with Crippen LogP contribution in [0.2, 0.25) is 0 Å². The molecule has 2 aromatic heterocycles. The molecule has 0 radical (unpaired) electrons. The number of hydrogen-bond acceptors (Lipinski definition) is 6. The van der Waals surface area contributed by atoms with Crippen LogP contribution in [-0.4, -0.2) is 40.7 Å².